The lowest BCUT2D eigenvalue weighted by atomic mass is 10.1. The summed E-state index contributed by atoms with van der Waals surface area (Å²) in [6.45, 7) is 3.12. The van der Waals surface area contributed by atoms with Crippen LogP contribution in [-0.4, -0.2) is 19.5 Å². The van der Waals surface area contributed by atoms with Gasteiger partial charge in [0.05, 0.1) is 0 Å². The van der Waals surface area contributed by atoms with Gasteiger partial charge in [0, 0.05) is 30.5 Å². The van der Waals surface area contributed by atoms with Crippen LogP contribution in [0.15, 0.2) is 42.5 Å². The normalized spacial score (nSPS) is 13.1. The van der Waals surface area contributed by atoms with Crippen LogP contribution in [0.2, 0.25) is 0 Å². The zero-order valence-corrected chi connectivity index (χ0v) is 12.5. The minimum Gasteiger partial charge on any atom is -0.374 e. The molecule has 1 N–H and O–H groups in total. The molecule has 0 atom stereocenters. The first-order valence-electron chi connectivity index (χ1n) is 7.42. The Morgan fingerprint density at radius 2 is 2.05 bits per heavy atom. The van der Waals surface area contributed by atoms with Gasteiger partial charge in [-0.05, 0) is 48.2 Å². The first-order valence-corrected chi connectivity index (χ1v) is 7.42. The summed E-state index contributed by atoms with van der Waals surface area (Å²) in [5.41, 5.74) is 5.29. The zero-order valence-electron chi connectivity index (χ0n) is 12.5. The van der Waals surface area contributed by atoms with Crippen LogP contribution in [0.5, 0.6) is 0 Å². The number of carbonyl (C=O) groups is 1. The molecule has 0 bridgehead atoms. The van der Waals surface area contributed by atoms with Crippen molar-refractivity contribution < 1.29 is 4.79 Å². The van der Waals surface area contributed by atoms with E-state index in [9.17, 15) is 4.79 Å². The van der Waals surface area contributed by atoms with E-state index in [0.717, 1.165) is 36.2 Å². The van der Waals surface area contributed by atoms with Crippen molar-refractivity contribution in [2.24, 2.45) is 0 Å². The Labute approximate surface area is 125 Å². The van der Waals surface area contributed by atoms with Gasteiger partial charge >= 0.3 is 0 Å². The molecule has 0 aliphatic carbocycles. The van der Waals surface area contributed by atoms with Gasteiger partial charge in [-0.1, -0.05) is 25.1 Å². The fraction of sp³-hybridized carbons (Fsp3) is 0.278. The second kappa shape index (κ2) is 5.60. The Bertz CT molecular complexity index is 679. The number of hydrogen-bond acceptors (Lipinski definition) is 2. The smallest absolute Gasteiger partial charge is 0.255 e. The number of aryl methyl sites for hydroxylation is 1. The molecule has 108 valence electrons. The number of nitrogens with one attached hydrogen (secondary N) is 1. The van der Waals surface area contributed by atoms with Crippen molar-refractivity contribution in [2.75, 3.05) is 23.8 Å². The number of carbonyl (C=O) groups excluding carboxylic acids is 1. The minimum atomic E-state index is -0.0340. The van der Waals surface area contributed by atoms with Crippen molar-refractivity contribution in [2.45, 2.75) is 19.8 Å². The molecule has 21 heavy (non-hydrogen) atoms. The highest BCUT2D eigenvalue weighted by Crippen LogP contribution is 2.27. The summed E-state index contributed by atoms with van der Waals surface area (Å²) in [4.78, 5) is 14.7. The van der Waals surface area contributed by atoms with Crippen LogP contribution in [0, 0.1) is 0 Å². The number of fused-ring (bicyclic) bond motifs is 1. The van der Waals surface area contributed by atoms with E-state index in [2.05, 4.69) is 24.2 Å². The standard InChI is InChI=1S/C18H20N2O/c1-3-13-6-4-5-7-16(13)19-18(21)15-8-9-17-14(12-15)10-11-20(17)2/h4-9,12H,3,10-11H2,1-2H3,(H,19,21). The zero-order chi connectivity index (χ0) is 14.8. The lowest BCUT2D eigenvalue weighted by molar-refractivity contribution is 0.102. The number of hydrogen-bond donors (Lipinski definition) is 1. The third-order valence-corrected chi connectivity index (χ3v) is 4.12. The van der Waals surface area contributed by atoms with Gasteiger partial charge in [0.2, 0.25) is 0 Å². The number of rotatable bonds is 3. The maximum atomic E-state index is 12.4. The number of likely N-dealkylation sites (N-methyl/N-ethyl adjacent to an activating group) is 1. The van der Waals surface area contributed by atoms with E-state index >= 15 is 0 Å². The second-order valence-electron chi connectivity index (χ2n) is 5.48. The van der Waals surface area contributed by atoms with Crippen LogP contribution < -0.4 is 10.2 Å². The van der Waals surface area contributed by atoms with Gasteiger partial charge in [0.15, 0.2) is 0 Å². The molecule has 2 aromatic carbocycles. The average molecular weight is 280 g/mol. The van der Waals surface area contributed by atoms with E-state index in [4.69, 9.17) is 0 Å². The van der Waals surface area contributed by atoms with Crippen LogP contribution in [0.25, 0.3) is 0 Å². The Balaban J connectivity index is 1.83. The molecule has 3 heteroatoms. The summed E-state index contributed by atoms with van der Waals surface area (Å²) in [5, 5.41) is 3.03. The van der Waals surface area contributed by atoms with Gasteiger partial charge in [-0.25, -0.2) is 0 Å². The van der Waals surface area contributed by atoms with Crippen LogP contribution in [-0.2, 0) is 12.8 Å². The maximum Gasteiger partial charge on any atom is 0.255 e. The Morgan fingerprint density at radius 1 is 1.24 bits per heavy atom. The molecule has 0 aromatic heterocycles. The SMILES string of the molecule is CCc1ccccc1NC(=O)c1ccc2c(c1)CCN2C. The van der Waals surface area contributed by atoms with E-state index in [0.29, 0.717) is 0 Å². The van der Waals surface area contributed by atoms with Crippen molar-refractivity contribution in [1.29, 1.82) is 0 Å². The lowest BCUT2D eigenvalue weighted by Crippen LogP contribution is -2.14. The summed E-state index contributed by atoms with van der Waals surface area (Å²) in [7, 11) is 2.09. The second-order valence-corrected chi connectivity index (χ2v) is 5.48. The summed E-state index contributed by atoms with van der Waals surface area (Å²) in [6.07, 6.45) is 1.92. The molecule has 0 fully saturated rings. The van der Waals surface area contributed by atoms with Gasteiger partial charge in [0.25, 0.3) is 5.91 Å². The quantitative estimate of drug-likeness (QED) is 0.933. The number of amides is 1. The van der Waals surface area contributed by atoms with E-state index < -0.39 is 0 Å². The molecule has 0 unspecified atom stereocenters. The molecule has 3 nitrogen and oxygen atoms in total. The monoisotopic (exact) mass is 280 g/mol. The highest BCUT2D eigenvalue weighted by molar-refractivity contribution is 6.05. The Morgan fingerprint density at radius 3 is 2.86 bits per heavy atom. The summed E-state index contributed by atoms with van der Waals surface area (Å²) in [6, 6.07) is 13.9. The molecule has 0 saturated heterocycles. The average Bonchev–Trinajstić information content (AvgIpc) is 2.88. The largest absolute Gasteiger partial charge is 0.374 e. The molecule has 0 radical (unpaired) electrons. The van der Waals surface area contributed by atoms with Crippen molar-refractivity contribution >= 4 is 17.3 Å². The van der Waals surface area contributed by atoms with Crippen LogP contribution >= 0.6 is 0 Å². The molecule has 1 aliphatic heterocycles. The first-order chi connectivity index (χ1) is 10.2. The van der Waals surface area contributed by atoms with Crippen molar-refractivity contribution in [3.8, 4) is 0 Å². The first kappa shape index (κ1) is 13.7. The van der Waals surface area contributed by atoms with Crippen LogP contribution in [0.4, 0.5) is 11.4 Å². The van der Waals surface area contributed by atoms with Gasteiger partial charge in [-0.3, -0.25) is 4.79 Å². The molecule has 1 heterocycles. The predicted molar refractivity (Wildman–Crippen MR) is 87.2 cm³/mol. The highest BCUT2D eigenvalue weighted by atomic mass is 16.1. The summed E-state index contributed by atoms with van der Waals surface area (Å²) < 4.78 is 0. The third kappa shape index (κ3) is 2.64. The van der Waals surface area contributed by atoms with Gasteiger partial charge in [-0.2, -0.15) is 0 Å². The van der Waals surface area contributed by atoms with Crippen LogP contribution in [0.3, 0.4) is 0 Å². The fourth-order valence-electron chi connectivity index (χ4n) is 2.85. The molecule has 0 spiro atoms. The van der Waals surface area contributed by atoms with Crippen molar-refractivity contribution in [1.82, 2.24) is 0 Å². The summed E-state index contributed by atoms with van der Waals surface area (Å²) >= 11 is 0. The number of benzene rings is 2. The van der Waals surface area contributed by atoms with Gasteiger partial charge in [-0.15, -0.1) is 0 Å². The van der Waals surface area contributed by atoms with Gasteiger partial charge in [0.1, 0.15) is 0 Å². The van der Waals surface area contributed by atoms with Gasteiger partial charge < -0.3 is 10.2 Å². The van der Waals surface area contributed by atoms with E-state index in [-0.39, 0.29) is 5.91 Å². The van der Waals surface area contributed by atoms with E-state index in [1.807, 2.05) is 42.5 Å². The highest BCUT2D eigenvalue weighted by Gasteiger charge is 2.17. The minimum absolute atomic E-state index is 0.0340. The maximum absolute atomic E-state index is 12.4. The Hall–Kier alpha value is -2.29. The molecule has 3 rings (SSSR count). The molecule has 0 saturated carbocycles. The third-order valence-electron chi connectivity index (χ3n) is 4.12. The topological polar surface area (TPSA) is 32.3 Å². The molecular formula is C18H20N2O. The van der Waals surface area contributed by atoms with Crippen LogP contribution in [0.1, 0.15) is 28.4 Å². The molecular weight excluding hydrogens is 260 g/mol. The van der Waals surface area contributed by atoms with E-state index in [1.54, 1.807) is 0 Å². The number of para-hydroxylation sites is 1. The molecule has 1 amide bonds. The summed E-state index contributed by atoms with van der Waals surface area (Å²) in [5.74, 6) is -0.0340. The van der Waals surface area contributed by atoms with Crippen molar-refractivity contribution in [3.63, 3.8) is 0 Å². The van der Waals surface area contributed by atoms with E-state index in [1.165, 1.54) is 11.3 Å². The number of anilines is 2. The Kier molecular flexibility index (Phi) is 3.65. The van der Waals surface area contributed by atoms with Crippen molar-refractivity contribution in [3.05, 3.63) is 59.2 Å². The molecule has 2 aromatic rings. The fourth-order valence-corrected chi connectivity index (χ4v) is 2.85. The predicted octanol–water partition coefficient (Wildman–Crippen LogP) is 3.49. The molecule has 1 aliphatic rings. The lowest BCUT2D eigenvalue weighted by Gasteiger charge is -2.13. The number of nitrogens with zero attached hydrogens (tertiary/aromatic N) is 1.